The Hall–Kier alpha value is -1.53. The molecule has 0 aliphatic carbocycles. The van der Waals surface area contributed by atoms with Crippen LogP contribution in [0.4, 0.5) is 5.69 Å². The van der Waals surface area contributed by atoms with Crippen LogP contribution in [0.2, 0.25) is 0 Å². The quantitative estimate of drug-likeness (QED) is 0.797. The highest BCUT2D eigenvalue weighted by Gasteiger charge is 2.20. The second kappa shape index (κ2) is 5.53. The van der Waals surface area contributed by atoms with Gasteiger partial charge < -0.3 is 10.4 Å². The fraction of sp³-hybridized carbons (Fsp3) is 0.462. The zero-order valence-corrected chi connectivity index (χ0v) is 9.83. The number of rotatable bonds is 5. The van der Waals surface area contributed by atoms with E-state index in [-0.39, 0.29) is 12.0 Å². The molecule has 0 saturated carbocycles. The highest BCUT2D eigenvalue weighted by molar-refractivity contribution is 5.47. The van der Waals surface area contributed by atoms with Crippen molar-refractivity contribution in [1.29, 1.82) is 5.26 Å². The molecular formula is C13H18N2O. The number of hydrogen-bond acceptors (Lipinski definition) is 3. The van der Waals surface area contributed by atoms with Crippen LogP contribution in [0.5, 0.6) is 0 Å². The van der Waals surface area contributed by atoms with Gasteiger partial charge in [0.05, 0.1) is 18.2 Å². The van der Waals surface area contributed by atoms with Gasteiger partial charge in [-0.1, -0.05) is 13.8 Å². The van der Waals surface area contributed by atoms with Crippen LogP contribution in [0.15, 0.2) is 24.3 Å². The third-order valence-electron chi connectivity index (χ3n) is 2.97. The van der Waals surface area contributed by atoms with Gasteiger partial charge in [0, 0.05) is 17.6 Å². The van der Waals surface area contributed by atoms with E-state index in [4.69, 9.17) is 5.26 Å². The molecule has 0 fully saturated rings. The summed E-state index contributed by atoms with van der Waals surface area (Å²) < 4.78 is 0. The predicted octanol–water partition coefficient (Wildman–Crippen LogP) is 2.38. The molecule has 2 N–H and O–H groups in total. The normalized spacial score (nSPS) is 13.9. The molecule has 3 nitrogen and oxygen atoms in total. The van der Waals surface area contributed by atoms with Gasteiger partial charge in [-0.3, -0.25) is 0 Å². The van der Waals surface area contributed by atoms with Crippen LogP contribution in [0.1, 0.15) is 25.8 Å². The molecule has 1 unspecified atom stereocenters. The molecule has 0 saturated heterocycles. The molecule has 16 heavy (non-hydrogen) atoms. The van der Waals surface area contributed by atoms with Gasteiger partial charge in [-0.15, -0.1) is 0 Å². The molecule has 0 spiro atoms. The van der Waals surface area contributed by atoms with Crippen molar-refractivity contribution < 1.29 is 5.11 Å². The third-order valence-corrected chi connectivity index (χ3v) is 2.97. The predicted molar refractivity (Wildman–Crippen MR) is 65.1 cm³/mol. The van der Waals surface area contributed by atoms with Crippen molar-refractivity contribution in [2.75, 3.05) is 18.5 Å². The Morgan fingerprint density at radius 2 is 2.00 bits per heavy atom. The molecular weight excluding hydrogens is 200 g/mol. The van der Waals surface area contributed by atoms with E-state index in [1.54, 1.807) is 12.1 Å². The Morgan fingerprint density at radius 3 is 2.44 bits per heavy atom. The lowest BCUT2D eigenvalue weighted by Gasteiger charge is -2.26. The van der Waals surface area contributed by atoms with E-state index in [2.05, 4.69) is 18.3 Å². The molecule has 0 heterocycles. The van der Waals surface area contributed by atoms with Gasteiger partial charge in [0.25, 0.3) is 0 Å². The van der Waals surface area contributed by atoms with Crippen molar-refractivity contribution in [3.63, 3.8) is 0 Å². The molecule has 1 atom stereocenters. The summed E-state index contributed by atoms with van der Waals surface area (Å²) in [4.78, 5) is 0. The number of aliphatic hydroxyl groups excluding tert-OH is 1. The van der Waals surface area contributed by atoms with Crippen LogP contribution in [-0.2, 0) is 0 Å². The van der Waals surface area contributed by atoms with Gasteiger partial charge >= 0.3 is 0 Å². The Morgan fingerprint density at radius 1 is 1.38 bits per heavy atom. The number of aliphatic hydroxyl groups is 1. The first-order chi connectivity index (χ1) is 7.63. The van der Waals surface area contributed by atoms with Gasteiger partial charge in [0.1, 0.15) is 0 Å². The average molecular weight is 218 g/mol. The second-order valence-electron chi connectivity index (χ2n) is 4.37. The Kier molecular flexibility index (Phi) is 4.33. The molecule has 1 aromatic carbocycles. The maximum absolute atomic E-state index is 9.26. The lowest BCUT2D eigenvalue weighted by Crippen LogP contribution is -2.29. The van der Waals surface area contributed by atoms with Gasteiger partial charge in [0.2, 0.25) is 0 Å². The summed E-state index contributed by atoms with van der Waals surface area (Å²) in [6.45, 7) is 5.01. The summed E-state index contributed by atoms with van der Waals surface area (Å²) in [5, 5.41) is 21.2. The fourth-order valence-corrected chi connectivity index (χ4v) is 1.27. The lowest BCUT2D eigenvalue weighted by molar-refractivity contribution is 0.149. The maximum Gasteiger partial charge on any atom is 0.0991 e. The summed E-state index contributed by atoms with van der Waals surface area (Å²) in [5.74, 6) is 0. The molecule has 0 aliphatic heterocycles. The highest BCUT2D eigenvalue weighted by Crippen LogP contribution is 2.21. The zero-order chi connectivity index (χ0) is 12.0. The number of nitrogens with one attached hydrogen (secondary N) is 1. The van der Waals surface area contributed by atoms with E-state index in [0.717, 1.165) is 18.7 Å². The van der Waals surface area contributed by atoms with E-state index < -0.39 is 0 Å². The number of hydrogen-bond donors (Lipinski definition) is 2. The van der Waals surface area contributed by atoms with E-state index in [0.29, 0.717) is 5.56 Å². The summed E-state index contributed by atoms with van der Waals surface area (Å²) in [5.41, 5.74) is 1.55. The minimum atomic E-state index is -0.0894. The topological polar surface area (TPSA) is 56.0 Å². The van der Waals surface area contributed by atoms with Crippen molar-refractivity contribution >= 4 is 5.69 Å². The lowest BCUT2D eigenvalue weighted by atomic mass is 9.88. The van der Waals surface area contributed by atoms with Gasteiger partial charge in [0.15, 0.2) is 0 Å². The molecule has 3 heteroatoms. The number of nitriles is 1. The first-order valence-electron chi connectivity index (χ1n) is 5.48. The fourth-order valence-electron chi connectivity index (χ4n) is 1.27. The van der Waals surface area contributed by atoms with Crippen molar-refractivity contribution in [2.45, 2.75) is 20.3 Å². The van der Waals surface area contributed by atoms with E-state index in [9.17, 15) is 5.11 Å². The Labute approximate surface area is 96.7 Å². The van der Waals surface area contributed by atoms with Crippen LogP contribution in [0, 0.1) is 16.7 Å². The summed E-state index contributed by atoms with van der Waals surface area (Å²) in [6, 6.07) is 9.41. The van der Waals surface area contributed by atoms with Crippen LogP contribution in [0.25, 0.3) is 0 Å². The van der Waals surface area contributed by atoms with Crippen molar-refractivity contribution in [3.8, 4) is 6.07 Å². The van der Waals surface area contributed by atoms with Crippen LogP contribution in [0.3, 0.4) is 0 Å². The van der Waals surface area contributed by atoms with Crippen molar-refractivity contribution in [2.24, 2.45) is 5.41 Å². The molecule has 0 aliphatic rings. The maximum atomic E-state index is 9.26. The second-order valence-corrected chi connectivity index (χ2v) is 4.37. The van der Waals surface area contributed by atoms with E-state index in [1.165, 1.54) is 0 Å². The zero-order valence-electron chi connectivity index (χ0n) is 9.83. The van der Waals surface area contributed by atoms with Crippen molar-refractivity contribution in [3.05, 3.63) is 29.8 Å². The minimum absolute atomic E-state index is 0.0894. The average Bonchev–Trinajstić information content (AvgIpc) is 2.36. The van der Waals surface area contributed by atoms with Gasteiger partial charge in [-0.2, -0.15) is 5.26 Å². The first-order valence-corrected chi connectivity index (χ1v) is 5.48. The smallest absolute Gasteiger partial charge is 0.0991 e. The summed E-state index contributed by atoms with van der Waals surface area (Å²) in [7, 11) is 0. The third kappa shape index (κ3) is 3.25. The molecule has 0 aromatic heterocycles. The number of benzene rings is 1. The molecule has 1 aromatic rings. The van der Waals surface area contributed by atoms with Crippen LogP contribution >= 0.6 is 0 Å². The summed E-state index contributed by atoms with van der Waals surface area (Å²) >= 11 is 0. The van der Waals surface area contributed by atoms with E-state index in [1.807, 2.05) is 19.1 Å². The van der Waals surface area contributed by atoms with E-state index >= 15 is 0 Å². The minimum Gasteiger partial charge on any atom is -0.396 e. The SMILES string of the molecule is CCC(C)(CO)CNc1ccc(C#N)cc1. The number of anilines is 1. The Balaban J connectivity index is 2.58. The first kappa shape index (κ1) is 12.5. The molecule has 0 bridgehead atoms. The number of nitrogens with zero attached hydrogens (tertiary/aromatic N) is 1. The standard InChI is InChI=1S/C13H18N2O/c1-3-13(2,10-16)9-15-12-6-4-11(8-14)5-7-12/h4-7,15-16H,3,9-10H2,1-2H3. The largest absolute Gasteiger partial charge is 0.396 e. The van der Waals surface area contributed by atoms with Gasteiger partial charge in [-0.05, 0) is 30.7 Å². The van der Waals surface area contributed by atoms with Crippen LogP contribution in [-0.4, -0.2) is 18.3 Å². The van der Waals surface area contributed by atoms with Crippen LogP contribution < -0.4 is 5.32 Å². The highest BCUT2D eigenvalue weighted by atomic mass is 16.3. The molecule has 0 radical (unpaired) electrons. The van der Waals surface area contributed by atoms with Gasteiger partial charge in [-0.25, -0.2) is 0 Å². The summed E-state index contributed by atoms with van der Waals surface area (Å²) in [6.07, 6.45) is 0.923. The molecule has 1 rings (SSSR count). The Bertz CT molecular complexity index is 361. The monoisotopic (exact) mass is 218 g/mol. The molecule has 0 amide bonds. The molecule has 86 valence electrons. The van der Waals surface area contributed by atoms with Crippen molar-refractivity contribution in [1.82, 2.24) is 0 Å².